The van der Waals surface area contributed by atoms with E-state index in [1.165, 1.54) is 6.92 Å². The quantitative estimate of drug-likeness (QED) is 0.550. The molecule has 0 spiro atoms. The number of carbonyl (C=O) groups excluding carboxylic acids is 3. The Balaban J connectivity index is 3.13. The molecule has 0 aliphatic heterocycles. The third kappa shape index (κ3) is 6.65. The minimum absolute atomic E-state index is 0.0416. The maximum Gasteiger partial charge on any atom is 0.340 e. The first kappa shape index (κ1) is 23.2. The average Bonchev–Trinajstić information content (AvgIpc) is 2.51. The molecule has 27 heavy (non-hydrogen) atoms. The van der Waals surface area contributed by atoms with Gasteiger partial charge in [-0.25, -0.2) is 22.7 Å². The Hall–Kier alpha value is -1.88. The second kappa shape index (κ2) is 9.36. The van der Waals surface area contributed by atoms with Gasteiger partial charge in [0.25, 0.3) is 5.91 Å². The number of hydrogen-bond donors (Lipinski definition) is 3. The zero-order chi connectivity index (χ0) is 20.9. The van der Waals surface area contributed by atoms with E-state index in [4.69, 9.17) is 33.7 Å². The number of nitrogens with two attached hydrogens (primary N) is 1. The van der Waals surface area contributed by atoms with Crippen LogP contribution < -0.4 is 15.8 Å². The van der Waals surface area contributed by atoms with Crippen LogP contribution >= 0.6 is 23.2 Å². The number of carbonyl (C=O) groups is 3. The van der Waals surface area contributed by atoms with Gasteiger partial charge in [-0.15, -0.1) is 0 Å². The number of imide groups is 1. The highest BCUT2D eigenvalue weighted by Crippen LogP contribution is 2.29. The molecule has 4 N–H and O–H groups in total. The number of benzene rings is 1. The third-order valence-electron chi connectivity index (χ3n) is 3.11. The molecule has 12 heteroatoms. The predicted molar refractivity (Wildman–Crippen MR) is 99.1 cm³/mol. The molecule has 0 saturated heterocycles. The molecule has 1 aromatic carbocycles. The van der Waals surface area contributed by atoms with Gasteiger partial charge in [-0.3, -0.25) is 10.1 Å². The summed E-state index contributed by atoms with van der Waals surface area (Å²) in [4.78, 5) is 34.1. The molecular weight excluding hydrogens is 421 g/mol. The lowest BCUT2D eigenvalue weighted by molar-refractivity contribution is -0.127. The number of amides is 3. The van der Waals surface area contributed by atoms with E-state index >= 15 is 0 Å². The fraction of sp³-hybridized carbons (Fsp3) is 0.400. The number of esters is 1. The van der Waals surface area contributed by atoms with Crippen molar-refractivity contribution >= 4 is 51.1 Å². The van der Waals surface area contributed by atoms with Crippen LogP contribution in [0.25, 0.3) is 0 Å². The Morgan fingerprint density at radius 3 is 2.26 bits per heavy atom. The van der Waals surface area contributed by atoms with Crippen molar-refractivity contribution in [3.63, 3.8) is 0 Å². The number of hydrogen-bond acceptors (Lipinski definition) is 6. The standard InChI is InChI=1S/C15H19Cl2N3O6S/c1-7(2)6-19-27(24,25)12-4-9(10(16)5-11(12)17)14(22)26-8(3)13(21)20-15(18)23/h4-5,7-8,19H,6H2,1-3H3,(H3,18,20,21,23). The van der Waals surface area contributed by atoms with Crippen LogP contribution in [0.4, 0.5) is 4.79 Å². The molecule has 1 aromatic rings. The van der Waals surface area contributed by atoms with Crippen LogP contribution in [0.1, 0.15) is 31.1 Å². The minimum Gasteiger partial charge on any atom is -0.449 e. The number of urea groups is 1. The predicted octanol–water partition coefficient (Wildman–Crippen LogP) is 1.67. The minimum atomic E-state index is -4.01. The van der Waals surface area contributed by atoms with E-state index in [1.54, 1.807) is 5.32 Å². The van der Waals surface area contributed by atoms with Gasteiger partial charge in [-0.05, 0) is 25.0 Å². The van der Waals surface area contributed by atoms with Crippen LogP contribution in [-0.4, -0.2) is 39.0 Å². The van der Waals surface area contributed by atoms with Crippen LogP contribution in [0.3, 0.4) is 0 Å². The zero-order valence-corrected chi connectivity index (χ0v) is 17.0. The number of primary amides is 1. The van der Waals surface area contributed by atoms with Gasteiger partial charge in [-0.1, -0.05) is 37.0 Å². The SMILES string of the molecule is CC(C)CNS(=O)(=O)c1cc(C(=O)OC(C)C(=O)NC(N)=O)c(Cl)cc1Cl. The van der Waals surface area contributed by atoms with Gasteiger partial charge in [-0.2, -0.15) is 0 Å². The van der Waals surface area contributed by atoms with Gasteiger partial charge in [0.1, 0.15) is 4.90 Å². The van der Waals surface area contributed by atoms with Crippen LogP contribution in [0.2, 0.25) is 10.0 Å². The van der Waals surface area contributed by atoms with Gasteiger partial charge < -0.3 is 10.5 Å². The molecule has 0 bridgehead atoms. The monoisotopic (exact) mass is 439 g/mol. The molecular formula is C15H19Cl2N3O6S. The summed E-state index contributed by atoms with van der Waals surface area (Å²) in [7, 11) is -4.01. The molecule has 0 aliphatic carbocycles. The summed E-state index contributed by atoms with van der Waals surface area (Å²) in [6.45, 7) is 4.98. The van der Waals surface area contributed by atoms with E-state index in [2.05, 4.69) is 4.72 Å². The maximum absolute atomic E-state index is 12.4. The van der Waals surface area contributed by atoms with E-state index in [1.807, 2.05) is 13.8 Å². The fourth-order valence-electron chi connectivity index (χ4n) is 1.75. The van der Waals surface area contributed by atoms with Gasteiger partial charge in [0, 0.05) is 6.54 Å². The Bertz CT molecular complexity index is 857. The highest BCUT2D eigenvalue weighted by atomic mass is 35.5. The van der Waals surface area contributed by atoms with Crippen LogP contribution in [0.5, 0.6) is 0 Å². The fourth-order valence-corrected chi connectivity index (χ4v) is 3.81. The van der Waals surface area contributed by atoms with Crippen molar-refractivity contribution in [2.45, 2.75) is 31.8 Å². The maximum atomic E-state index is 12.4. The first-order valence-electron chi connectivity index (χ1n) is 7.65. The largest absolute Gasteiger partial charge is 0.449 e. The van der Waals surface area contributed by atoms with E-state index < -0.39 is 34.0 Å². The summed E-state index contributed by atoms with van der Waals surface area (Å²) in [5, 5.41) is 1.39. The molecule has 1 unspecified atom stereocenters. The van der Waals surface area contributed by atoms with E-state index in [-0.39, 0.29) is 33.0 Å². The van der Waals surface area contributed by atoms with Crippen molar-refractivity contribution in [2.75, 3.05) is 6.54 Å². The molecule has 0 aliphatic rings. The second-order valence-corrected chi connectivity index (χ2v) is 8.46. The number of halogens is 2. The Morgan fingerprint density at radius 2 is 1.74 bits per heavy atom. The molecule has 9 nitrogen and oxygen atoms in total. The molecule has 0 radical (unpaired) electrons. The highest BCUT2D eigenvalue weighted by Gasteiger charge is 2.26. The van der Waals surface area contributed by atoms with Crippen molar-refractivity contribution in [3.05, 3.63) is 27.7 Å². The smallest absolute Gasteiger partial charge is 0.340 e. The normalized spacial score (nSPS) is 12.5. The lowest BCUT2D eigenvalue weighted by Crippen LogP contribution is -2.42. The first-order valence-corrected chi connectivity index (χ1v) is 9.89. The number of ether oxygens (including phenoxy) is 1. The molecule has 0 aromatic heterocycles. The molecule has 150 valence electrons. The molecule has 0 saturated carbocycles. The van der Waals surface area contributed by atoms with Crippen LogP contribution in [-0.2, 0) is 19.6 Å². The summed E-state index contributed by atoms with van der Waals surface area (Å²) in [6, 6.07) is 0.920. The third-order valence-corrected chi connectivity index (χ3v) is 5.31. The second-order valence-electron chi connectivity index (χ2n) is 5.91. The number of sulfonamides is 1. The van der Waals surface area contributed by atoms with Crippen molar-refractivity contribution in [2.24, 2.45) is 11.7 Å². The van der Waals surface area contributed by atoms with Crippen molar-refractivity contribution < 1.29 is 27.5 Å². The summed E-state index contributed by atoms with van der Waals surface area (Å²) in [5.74, 6) is -1.99. The van der Waals surface area contributed by atoms with E-state index in [9.17, 15) is 22.8 Å². The van der Waals surface area contributed by atoms with Gasteiger partial charge in [0.15, 0.2) is 6.10 Å². The van der Waals surface area contributed by atoms with Gasteiger partial charge in [0.2, 0.25) is 10.0 Å². The number of rotatable bonds is 7. The summed E-state index contributed by atoms with van der Waals surface area (Å²) >= 11 is 11.9. The van der Waals surface area contributed by atoms with Crippen molar-refractivity contribution in [1.29, 1.82) is 0 Å². The molecule has 1 atom stereocenters. The van der Waals surface area contributed by atoms with Crippen molar-refractivity contribution in [1.82, 2.24) is 10.0 Å². The van der Waals surface area contributed by atoms with Crippen LogP contribution in [0, 0.1) is 5.92 Å². The summed E-state index contributed by atoms with van der Waals surface area (Å²) in [6.07, 6.45) is -1.38. The van der Waals surface area contributed by atoms with Gasteiger partial charge in [0.05, 0.1) is 15.6 Å². The Kier molecular flexibility index (Phi) is 8.03. The molecule has 3 amide bonds. The summed E-state index contributed by atoms with van der Waals surface area (Å²) < 4.78 is 32.0. The molecule has 0 fully saturated rings. The topological polar surface area (TPSA) is 145 Å². The molecule has 1 rings (SSSR count). The summed E-state index contributed by atoms with van der Waals surface area (Å²) in [5.41, 5.74) is 4.50. The van der Waals surface area contributed by atoms with Crippen molar-refractivity contribution in [3.8, 4) is 0 Å². The number of nitrogens with one attached hydrogen (secondary N) is 2. The Labute approximate surface area is 166 Å². The Morgan fingerprint density at radius 1 is 1.15 bits per heavy atom. The highest BCUT2D eigenvalue weighted by molar-refractivity contribution is 7.89. The lowest BCUT2D eigenvalue weighted by Gasteiger charge is -2.15. The van der Waals surface area contributed by atoms with Gasteiger partial charge >= 0.3 is 12.0 Å². The average molecular weight is 440 g/mol. The van der Waals surface area contributed by atoms with E-state index in [0.29, 0.717) is 0 Å². The first-order chi connectivity index (χ1) is 12.3. The lowest BCUT2D eigenvalue weighted by atomic mass is 10.2. The molecule has 0 heterocycles. The van der Waals surface area contributed by atoms with Crippen LogP contribution in [0.15, 0.2) is 17.0 Å². The van der Waals surface area contributed by atoms with E-state index in [0.717, 1.165) is 12.1 Å². The zero-order valence-electron chi connectivity index (χ0n) is 14.7.